The molecule has 0 amide bonds. The summed E-state index contributed by atoms with van der Waals surface area (Å²) in [6.45, 7) is 4.88. The monoisotopic (exact) mass is 320 g/mol. The molecule has 7 heteroatoms. The number of aryl methyl sites for hydroxylation is 1. The van der Waals surface area contributed by atoms with Crippen LogP contribution in [0.3, 0.4) is 0 Å². The van der Waals surface area contributed by atoms with Gasteiger partial charge in [0, 0.05) is 31.0 Å². The lowest BCUT2D eigenvalue weighted by Crippen LogP contribution is -2.37. The Labute approximate surface area is 134 Å². The summed E-state index contributed by atoms with van der Waals surface area (Å²) in [6.07, 6.45) is 5.95. The van der Waals surface area contributed by atoms with Gasteiger partial charge in [-0.15, -0.1) is 10.2 Å². The van der Waals surface area contributed by atoms with Crippen molar-refractivity contribution in [2.75, 3.05) is 20.2 Å². The van der Waals surface area contributed by atoms with Gasteiger partial charge in [-0.3, -0.25) is 9.88 Å². The summed E-state index contributed by atoms with van der Waals surface area (Å²) in [5, 5.41) is 9.74. The number of piperidine rings is 1. The molecule has 1 aliphatic rings. The van der Waals surface area contributed by atoms with Crippen LogP contribution < -0.4 is 9.47 Å². The van der Waals surface area contributed by atoms with E-state index in [4.69, 9.17) is 9.47 Å². The van der Waals surface area contributed by atoms with Crippen molar-refractivity contribution in [1.29, 1.82) is 0 Å². The van der Waals surface area contributed by atoms with Crippen LogP contribution in [0.4, 0.5) is 0 Å². The molecule has 2 aromatic rings. The number of hydrogen-bond acceptors (Lipinski definition) is 7. The van der Waals surface area contributed by atoms with Crippen molar-refractivity contribution in [2.24, 2.45) is 0 Å². The van der Waals surface area contributed by atoms with Crippen molar-refractivity contribution >= 4 is 11.3 Å². The maximum Gasteiger partial charge on any atom is 0.293 e. The van der Waals surface area contributed by atoms with Crippen LogP contribution >= 0.6 is 11.3 Å². The molecule has 22 heavy (non-hydrogen) atoms. The molecule has 0 bridgehead atoms. The Hall–Kier alpha value is -1.73. The molecule has 1 fully saturated rings. The first-order chi connectivity index (χ1) is 10.7. The van der Waals surface area contributed by atoms with Gasteiger partial charge in [0.25, 0.3) is 5.19 Å². The number of likely N-dealkylation sites (tertiary alicyclic amines) is 1. The lowest BCUT2D eigenvalue weighted by Gasteiger charge is -2.31. The Balaban J connectivity index is 1.49. The van der Waals surface area contributed by atoms with Crippen molar-refractivity contribution in [1.82, 2.24) is 20.1 Å². The van der Waals surface area contributed by atoms with Gasteiger partial charge in [0.15, 0.2) is 0 Å². The standard InChI is InChI=1S/C15H20N4O2S/c1-11-9-16-6-3-13(11)21-12-4-7-19(8-5-12)10-14-17-18-15(20-2)22-14/h3,6,9,12H,4-5,7-8,10H2,1-2H3. The zero-order valence-electron chi connectivity index (χ0n) is 12.9. The van der Waals surface area contributed by atoms with Crippen LogP contribution in [-0.2, 0) is 6.54 Å². The van der Waals surface area contributed by atoms with Gasteiger partial charge in [-0.1, -0.05) is 11.3 Å². The Bertz CT molecular complexity index is 611. The molecular weight excluding hydrogens is 300 g/mol. The lowest BCUT2D eigenvalue weighted by atomic mass is 10.1. The van der Waals surface area contributed by atoms with E-state index >= 15 is 0 Å². The van der Waals surface area contributed by atoms with Crippen molar-refractivity contribution in [2.45, 2.75) is 32.4 Å². The SMILES string of the molecule is COc1nnc(CN2CCC(Oc3ccncc3C)CC2)s1. The molecular formula is C15H20N4O2S. The van der Waals surface area contributed by atoms with E-state index in [9.17, 15) is 0 Å². The first kappa shape index (κ1) is 15.2. The molecule has 6 nitrogen and oxygen atoms in total. The third-order valence-corrected chi connectivity index (χ3v) is 4.65. The smallest absolute Gasteiger partial charge is 0.293 e. The number of nitrogens with zero attached hydrogens (tertiary/aromatic N) is 4. The molecule has 0 spiro atoms. The minimum Gasteiger partial charge on any atom is -0.490 e. The normalized spacial score (nSPS) is 16.6. The maximum absolute atomic E-state index is 6.09. The summed E-state index contributed by atoms with van der Waals surface area (Å²) in [5.41, 5.74) is 1.09. The quantitative estimate of drug-likeness (QED) is 0.842. The summed E-state index contributed by atoms with van der Waals surface area (Å²) in [7, 11) is 1.62. The Morgan fingerprint density at radius 3 is 2.82 bits per heavy atom. The van der Waals surface area contributed by atoms with Gasteiger partial charge >= 0.3 is 0 Å². The van der Waals surface area contributed by atoms with Crippen LogP contribution in [0.5, 0.6) is 10.9 Å². The lowest BCUT2D eigenvalue weighted by molar-refractivity contribution is 0.0960. The fourth-order valence-electron chi connectivity index (χ4n) is 2.53. The predicted molar refractivity (Wildman–Crippen MR) is 84.4 cm³/mol. The largest absolute Gasteiger partial charge is 0.490 e. The summed E-state index contributed by atoms with van der Waals surface area (Å²) in [4.78, 5) is 6.48. The summed E-state index contributed by atoms with van der Waals surface area (Å²) >= 11 is 1.51. The predicted octanol–water partition coefficient (Wildman–Crippen LogP) is 2.29. The Morgan fingerprint density at radius 2 is 2.14 bits per heavy atom. The van der Waals surface area contributed by atoms with Gasteiger partial charge in [-0.05, 0) is 25.8 Å². The molecule has 0 aromatic carbocycles. The van der Waals surface area contributed by atoms with Gasteiger partial charge < -0.3 is 9.47 Å². The highest BCUT2D eigenvalue weighted by Gasteiger charge is 2.22. The van der Waals surface area contributed by atoms with E-state index in [2.05, 4.69) is 20.1 Å². The van der Waals surface area contributed by atoms with Crippen LogP contribution in [0.2, 0.25) is 0 Å². The number of methoxy groups -OCH3 is 1. The van der Waals surface area contributed by atoms with E-state index < -0.39 is 0 Å². The van der Waals surface area contributed by atoms with Crippen molar-refractivity contribution in [3.63, 3.8) is 0 Å². The molecule has 1 aliphatic heterocycles. The molecule has 118 valence electrons. The Kier molecular flexibility index (Phi) is 4.84. The average molecular weight is 320 g/mol. The minimum atomic E-state index is 0.279. The van der Waals surface area contributed by atoms with Crippen LogP contribution in [0.25, 0.3) is 0 Å². The highest BCUT2D eigenvalue weighted by atomic mass is 32.1. The third-order valence-electron chi connectivity index (χ3n) is 3.78. The first-order valence-electron chi connectivity index (χ1n) is 7.40. The average Bonchev–Trinajstić information content (AvgIpc) is 2.99. The fraction of sp³-hybridized carbons (Fsp3) is 0.533. The fourth-order valence-corrected chi connectivity index (χ4v) is 3.23. The molecule has 0 radical (unpaired) electrons. The second kappa shape index (κ2) is 7.02. The van der Waals surface area contributed by atoms with E-state index in [0.29, 0.717) is 5.19 Å². The number of ether oxygens (including phenoxy) is 2. The van der Waals surface area contributed by atoms with Crippen LogP contribution in [0, 0.1) is 6.92 Å². The number of pyridine rings is 1. The van der Waals surface area contributed by atoms with Gasteiger partial charge in [-0.25, -0.2) is 0 Å². The molecule has 1 saturated heterocycles. The zero-order chi connectivity index (χ0) is 15.4. The molecule has 2 aromatic heterocycles. The summed E-state index contributed by atoms with van der Waals surface area (Å²) in [5.74, 6) is 0.947. The first-order valence-corrected chi connectivity index (χ1v) is 8.22. The minimum absolute atomic E-state index is 0.279. The van der Waals surface area contributed by atoms with Crippen molar-refractivity contribution in [3.05, 3.63) is 29.0 Å². The summed E-state index contributed by atoms with van der Waals surface area (Å²) in [6, 6.07) is 1.94. The molecule has 0 atom stereocenters. The molecule has 0 unspecified atom stereocenters. The molecule has 3 rings (SSSR count). The summed E-state index contributed by atoms with van der Waals surface area (Å²) < 4.78 is 11.2. The molecule has 0 aliphatic carbocycles. The molecule has 3 heterocycles. The van der Waals surface area contributed by atoms with Crippen LogP contribution in [0.15, 0.2) is 18.5 Å². The van der Waals surface area contributed by atoms with E-state index in [1.165, 1.54) is 11.3 Å². The van der Waals surface area contributed by atoms with Gasteiger partial charge in [0.1, 0.15) is 16.9 Å². The highest BCUT2D eigenvalue weighted by Crippen LogP contribution is 2.24. The van der Waals surface area contributed by atoms with Crippen LogP contribution in [-0.4, -0.2) is 46.4 Å². The topological polar surface area (TPSA) is 60.4 Å². The second-order valence-corrected chi connectivity index (χ2v) is 6.42. The zero-order valence-corrected chi connectivity index (χ0v) is 13.7. The van der Waals surface area contributed by atoms with Gasteiger partial charge in [0.05, 0.1) is 13.7 Å². The number of rotatable bonds is 5. The van der Waals surface area contributed by atoms with Crippen LogP contribution in [0.1, 0.15) is 23.4 Å². The van der Waals surface area contributed by atoms with Crippen molar-refractivity contribution < 1.29 is 9.47 Å². The van der Waals surface area contributed by atoms with E-state index in [1.807, 2.05) is 19.2 Å². The number of aromatic nitrogens is 3. The maximum atomic E-state index is 6.09. The highest BCUT2D eigenvalue weighted by molar-refractivity contribution is 7.13. The number of hydrogen-bond donors (Lipinski definition) is 0. The van der Waals surface area contributed by atoms with Gasteiger partial charge in [0.2, 0.25) is 0 Å². The second-order valence-electron chi connectivity index (χ2n) is 5.40. The van der Waals surface area contributed by atoms with E-state index in [1.54, 1.807) is 13.3 Å². The molecule has 0 saturated carbocycles. The third kappa shape index (κ3) is 3.72. The van der Waals surface area contributed by atoms with E-state index in [-0.39, 0.29) is 6.10 Å². The van der Waals surface area contributed by atoms with Gasteiger partial charge in [-0.2, -0.15) is 0 Å². The molecule has 0 N–H and O–H groups in total. The Morgan fingerprint density at radius 1 is 1.32 bits per heavy atom. The van der Waals surface area contributed by atoms with E-state index in [0.717, 1.165) is 48.8 Å². The van der Waals surface area contributed by atoms with Crippen molar-refractivity contribution in [3.8, 4) is 10.9 Å².